The summed E-state index contributed by atoms with van der Waals surface area (Å²) in [5, 5.41) is 2.83. The van der Waals surface area contributed by atoms with Crippen LogP contribution in [0.2, 0.25) is 0 Å². The van der Waals surface area contributed by atoms with Gasteiger partial charge in [-0.15, -0.1) is 0 Å². The summed E-state index contributed by atoms with van der Waals surface area (Å²) in [4.78, 5) is 16.4. The van der Waals surface area contributed by atoms with E-state index in [1.165, 1.54) is 16.4 Å². The molecule has 0 bridgehead atoms. The Morgan fingerprint density at radius 1 is 1.37 bits per heavy atom. The van der Waals surface area contributed by atoms with E-state index in [0.717, 1.165) is 6.07 Å². The van der Waals surface area contributed by atoms with Gasteiger partial charge in [-0.05, 0) is 55.0 Å². The van der Waals surface area contributed by atoms with Crippen LogP contribution in [0.1, 0.15) is 18.4 Å². The summed E-state index contributed by atoms with van der Waals surface area (Å²) in [5.41, 5.74) is 0.714. The maximum Gasteiger partial charge on any atom is 0.243 e. The van der Waals surface area contributed by atoms with Crippen molar-refractivity contribution in [3.8, 4) is 0 Å². The summed E-state index contributed by atoms with van der Waals surface area (Å²) in [6.45, 7) is 2.22. The first-order valence-electron chi connectivity index (χ1n) is 8.79. The maximum atomic E-state index is 13.8. The Balaban J connectivity index is 1.46. The van der Waals surface area contributed by atoms with Crippen molar-refractivity contribution in [2.24, 2.45) is 11.3 Å². The summed E-state index contributed by atoms with van der Waals surface area (Å²) < 4.78 is 40.8. The first-order chi connectivity index (χ1) is 12.8. The molecule has 1 amide bonds. The van der Waals surface area contributed by atoms with Gasteiger partial charge in [-0.1, -0.05) is 6.07 Å². The first kappa shape index (κ1) is 18.1. The molecule has 2 aromatic rings. The number of nitrogens with zero attached hydrogens (tertiary/aromatic N) is 2. The quantitative estimate of drug-likeness (QED) is 0.872. The Kier molecular flexibility index (Phi) is 4.27. The topological polar surface area (TPSA) is 79.4 Å². The Morgan fingerprint density at radius 3 is 2.89 bits per heavy atom. The lowest BCUT2D eigenvalue weighted by Gasteiger charge is -2.17. The van der Waals surface area contributed by atoms with Gasteiger partial charge in [0.05, 0.1) is 16.8 Å². The molecule has 142 valence electrons. The number of carbonyl (C=O) groups is 1. The highest BCUT2D eigenvalue weighted by molar-refractivity contribution is 7.89. The van der Waals surface area contributed by atoms with Gasteiger partial charge in [-0.2, -0.15) is 4.31 Å². The molecule has 2 fully saturated rings. The Labute approximate surface area is 157 Å². The van der Waals surface area contributed by atoms with Crippen molar-refractivity contribution < 1.29 is 17.6 Å². The summed E-state index contributed by atoms with van der Waals surface area (Å²) in [5.74, 6) is -0.860. The Morgan fingerprint density at radius 2 is 2.19 bits per heavy atom. The van der Waals surface area contributed by atoms with Gasteiger partial charge in [0, 0.05) is 25.2 Å². The standard InChI is InChI=1S/C19H20FN3O3S/c1-13-4-5-15(9-17(13)20)27(25,26)23-8-6-19(12-23)10-16(19)18(24)22-14-3-2-7-21-11-14/h2-5,7,9,11,16H,6,8,10,12H2,1H3,(H,22,24)/t16-,19+/m0/s1. The molecule has 4 rings (SSSR count). The largest absolute Gasteiger partial charge is 0.324 e. The molecule has 2 atom stereocenters. The summed E-state index contributed by atoms with van der Waals surface area (Å²) >= 11 is 0. The number of amides is 1. The fraction of sp³-hybridized carbons (Fsp3) is 0.368. The molecule has 1 aromatic carbocycles. The van der Waals surface area contributed by atoms with Gasteiger partial charge < -0.3 is 5.32 Å². The van der Waals surface area contributed by atoms with Crippen molar-refractivity contribution in [1.29, 1.82) is 0 Å². The van der Waals surface area contributed by atoms with Crippen LogP contribution < -0.4 is 5.32 Å². The molecule has 1 aliphatic carbocycles. The average molecular weight is 389 g/mol. The minimum atomic E-state index is -3.77. The van der Waals surface area contributed by atoms with Gasteiger partial charge >= 0.3 is 0 Å². The number of pyridine rings is 1. The van der Waals surface area contributed by atoms with E-state index in [1.807, 2.05) is 0 Å². The number of sulfonamides is 1. The molecule has 8 heteroatoms. The first-order valence-corrected chi connectivity index (χ1v) is 10.2. The number of halogens is 1. The molecule has 1 spiro atoms. The molecule has 1 aliphatic heterocycles. The fourth-order valence-corrected chi connectivity index (χ4v) is 5.33. The van der Waals surface area contributed by atoms with Crippen LogP contribution in [0.25, 0.3) is 0 Å². The van der Waals surface area contributed by atoms with E-state index in [-0.39, 0.29) is 28.7 Å². The molecule has 27 heavy (non-hydrogen) atoms. The zero-order valence-electron chi connectivity index (χ0n) is 14.9. The highest BCUT2D eigenvalue weighted by Crippen LogP contribution is 2.59. The number of hydrogen-bond donors (Lipinski definition) is 1. The molecular formula is C19H20FN3O3S. The lowest BCUT2D eigenvalue weighted by Crippen LogP contribution is -2.30. The molecule has 2 heterocycles. The monoisotopic (exact) mass is 389 g/mol. The molecule has 1 saturated heterocycles. The third-order valence-corrected chi connectivity index (χ3v) is 7.41. The molecule has 1 aromatic heterocycles. The van der Waals surface area contributed by atoms with E-state index in [4.69, 9.17) is 0 Å². The zero-order valence-corrected chi connectivity index (χ0v) is 15.7. The summed E-state index contributed by atoms with van der Waals surface area (Å²) in [6.07, 6.45) is 4.49. The maximum absolute atomic E-state index is 13.8. The van der Waals surface area contributed by atoms with Crippen molar-refractivity contribution in [2.45, 2.75) is 24.7 Å². The van der Waals surface area contributed by atoms with Crippen molar-refractivity contribution in [2.75, 3.05) is 18.4 Å². The summed E-state index contributed by atoms with van der Waals surface area (Å²) in [6, 6.07) is 7.46. The minimum Gasteiger partial charge on any atom is -0.324 e. The van der Waals surface area contributed by atoms with Crippen molar-refractivity contribution in [3.05, 3.63) is 54.1 Å². The highest BCUT2D eigenvalue weighted by Gasteiger charge is 2.62. The lowest BCUT2D eigenvalue weighted by atomic mass is 10.0. The second-order valence-electron chi connectivity index (χ2n) is 7.35. The van der Waals surface area contributed by atoms with Crippen molar-refractivity contribution >= 4 is 21.6 Å². The second kappa shape index (κ2) is 6.38. The average Bonchev–Trinajstić information content (AvgIpc) is 3.17. The lowest BCUT2D eigenvalue weighted by molar-refractivity contribution is -0.118. The van der Waals surface area contributed by atoms with Crippen LogP contribution in [0, 0.1) is 24.1 Å². The minimum absolute atomic E-state index is 0.0420. The number of aryl methyl sites for hydroxylation is 1. The fourth-order valence-electron chi connectivity index (χ4n) is 3.78. The Bertz CT molecular complexity index is 997. The Hall–Kier alpha value is -2.32. The second-order valence-corrected chi connectivity index (χ2v) is 9.29. The van der Waals surface area contributed by atoms with Gasteiger partial charge in [-0.3, -0.25) is 9.78 Å². The van der Waals surface area contributed by atoms with Crippen LogP contribution in [0.3, 0.4) is 0 Å². The molecule has 1 saturated carbocycles. The van der Waals surface area contributed by atoms with Crippen molar-refractivity contribution in [1.82, 2.24) is 9.29 Å². The number of nitrogens with one attached hydrogen (secondary N) is 1. The number of carbonyl (C=O) groups excluding carboxylic acids is 1. The third-order valence-electron chi connectivity index (χ3n) is 5.57. The summed E-state index contributed by atoms with van der Waals surface area (Å²) in [7, 11) is -3.77. The van der Waals surface area contributed by atoms with Crippen LogP contribution in [0.15, 0.2) is 47.6 Å². The smallest absolute Gasteiger partial charge is 0.243 e. The number of benzene rings is 1. The SMILES string of the molecule is Cc1ccc(S(=O)(=O)N2CC[C@@]3(C[C@H]3C(=O)Nc3cccnc3)C2)cc1F. The predicted octanol–water partition coefficient (Wildman–Crippen LogP) is 2.57. The van der Waals surface area contributed by atoms with E-state index in [1.54, 1.807) is 31.5 Å². The normalized spacial score (nSPS) is 24.9. The highest BCUT2D eigenvalue weighted by atomic mass is 32.2. The molecule has 1 N–H and O–H groups in total. The molecular weight excluding hydrogens is 369 g/mol. The van der Waals surface area contributed by atoms with Gasteiger partial charge in [-0.25, -0.2) is 12.8 Å². The van der Waals surface area contributed by atoms with Gasteiger partial charge in [0.1, 0.15) is 5.82 Å². The van der Waals surface area contributed by atoms with Crippen LogP contribution in [-0.4, -0.2) is 36.7 Å². The van der Waals surface area contributed by atoms with Gasteiger partial charge in [0.25, 0.3) is 0 Å². The van der Waals surface area contributed by atoms with Crippen LogP contribution in [0.4, 0.5) is 10.1 Å². The molecule has 6 nitrogen and oxygen atoms in total. The number of anilines is 1. The number of hydrogen-bond acceptors (Lipinski definition) is 4. The van der Waals surface area contributed by atoms with Crippen LogP contribution >= 0.6 is 0 Å². The molecule has 2 aliphatic rings. The number of rotatable bonds is 4. The van der Waals surface area contributed by atoms with E-state index in [0.29, 0.717) is 30.6 Å². The van der Waals surface area contributed by atoms with Crippen LogP contribution in [-0.2, 0) is 14.8 Å². The zero-order chi connectivity index (χ0) is 19.2. The van der Waals surface area contributed by atoms with E-state index >= 15 is 0 Å². The molecule has 0 radical (unpaired) electrons. The van der Waals surface area contributed by atoms with E-state index in [2.05, 4.69) is 10.3 Å². The van der Waals surface area contributed by atoms with E-state index < -0.39 is 15.8 Å². The molecule has 0 unspecified atom stereocenters. The van der Waals surface area contributed by atoms with Crippen LogP contribution in [0.5, 0.6) is 0 Å². The van der Waals surface area contributed by atoms with Gasteiger partial charge in [0.2, 0.25) is 15.9 Å². The van der Waals surface area contributed by atoms with Crippen molar-refractivity contribution in [3.63, 3.8) is 0 Å². The predicted molar refractivity (Wildman–Crippen MR) is 97.9 cm³/mol. The number of aromatic nitrogens is 1. The van der Waals surface area contributed by atoms with Gasteiger partial charge in [0.15, 0.2) is 0 Å². The van der Waals surface area contributed by atoms with E-state index in [9.17, 15) is 17.6 Å². The third kappa shape index (κ3) is 3.23.